The molecule has 1 nitrogen and oxygen atoms in total. The quantitative estimate of drug-likeness (QED) is 0.572. The SMILES string of the molecule is Clc1cccc(-c2coc3ccccc23)c1Cl. The van der Waals surface area contributed by atoms with Crippen LogP contribution in [0.2, 0.25) is 10.0 Å². The van der Waals surface area contributed by atoms with Gasteiger partial charge < -0.3 is 4.42 Å². The Bertz CT molecular complexity index is 686. The van der Waals surface area contributed by atoms with Crippen molar-refractivity contribution in [3.63, 3.8) is 0 Å². The first-order valence-electron chi connectivity index (χ1n) is 5.18. The Kier molecular flexibility index (Phi) is 2.58. The summed E-state index contributed by atoms with van der Waals surface area (Å²) in [6.07, 6.45) is 1.71. The molecule has 0 saturated heterocycles. The minimum absolute atomic E-state index is 0.550. The van der Waals surface area contributed by atoms with Crippen LogP contribution in [0.1, 0.15) is 0 Å². The molecule has 0 bridgehead atoms. The summed E-state index contributed by atoms with van der Waals surface area (Å²) in [4.78, 5) is 0. The van der Waals surface area contributed by atoms with Crippen LogP contribution in [-0.2, 0) is 0 Å². The van der Waals surface area contributed by atoms with E-state index in [1.54, 1.807) is 12.3 Å². The van der Waals surface area contributed by atoms with Crippen molar-refractivity contribution in [3.05, 3.63) is 58.8 Å². The van der Waals surface area contributed by atoms with Crippen LogP contribution in [0.15, 0.2) is 53.1 Å². The van der Waals surface area contributed by atoms with Gasteiger partial charge in [-0.15, -0.1) is 0 Å². The predicted octanol–water partition coefficient (Wildman–Crippen LogP) is 5.41. The molecule has 0 aliphatic rings. The van der Waals surface area contributed by atoms with Gasteiger partial charge in [-0.1, -0.05) is 53.5 Å². The molecule has 17 heavy (non-hydrogen) atoms. The van der Waals surface area contributed by atoms with Crippen LogP contribution in [0.25, 0.3) is 22.1 Å². The molecule has 0 radical (unpaired) electrons. The van der Waals surface area contributed by atoms with Gasteiger partial charge in [-0.2, -0.15) is 0 Å². The van der Waals surface area contributed by atoms with Gasteiger partial charge in [0.1, 0.15) is 5.58 Å². The highest BCUT2D eigenvalue weighted by atomic mass is 35.5. The molecule has 0 aliphatic heterocycles. The second-order valence-electron chi connectivity index (χ2n) is 3.75. The number of para-hydroxylation sites is 1. The van der Waals surface area contributed by atoms with E-state index in [2.05, 4.69) is 0 Å². The fourth-order valence-electron chi connectivity index (χ4n) is 1.90. The molecule has 2 aromatic carbocycles. The van der Waals surface area contributed by atoms with E-state index in [-0.39, 0.29) is 0 Å². The van der Waals surface area contributed by atoms with E-state index in [9.17, 15) is 0 Å². The number of hydrogen-bond acceptors (Lipinski definition) is 1. The lowest BCUT2D eigenvalue weighted by Gasteiger charge is -2.03. The zero-order valence-corrected chi connectivity index (χ0v) is 10.3. The van der Waals surface area contributed by atoms with Crippen molar-refractivity contribution >= 4 is 34.2 Å². The molecule has 1 heterocycles. The third kappa shape index (κ3) is 1.72. The molecule has 3 rings (SSSR count). The Morgan fingerprint density at radius 2 is 1.65 bits per heavy atom. The minimum Gasteiger partial charge on any atom is -0.464 e. The van der Waals surface area contributed by atoms with Gasteiger partial charge in [0.25, 0.3) is 0 Å². The predicted molar refractivity (Wildman–Crippen MR) is 71.7 cm³/mol. The third-order valence-corrected chi connectivity index (χ3v) is 3.54. The van der Waals surface area contributed by atoms with E-state index in [1.165, 1.54) is 0 Å². The average Bonchev–Trinajstić information content (AvgIpc) is 2.77. The molecule has 0 spiro atoms. The first-order valence-corrected chi connectivity index (χ1v) is 5.93. The van der Waals surface area contributed by atoms with E-state index < -0.39 is 0 Å². The molecule has 84 valence electrons. The molecule has 0 amide bonds. The molecule has 0 atom stereocenters. The first kappa shape index (κ1) is 10.7. The highest BCUT2D eigenvalue weighted by Crippen LogP contribution is 2.37. The summed E-state index contributed by atoms with van der Waals surface area (Å²) in [6.45, 7) is 0. The van der Waals surface area contributed by atoms with E-state index in [4.69, 9.17) is 27.6 Å². The molecule has 0 unspecified atom stereocenters. The zero-order valence-electron chi connectivity index (χ0n) is 8.78. The molecular weight excluding hydrogens is 255 g/mol. The standard InChI is InChI=1S/C14H8Cl2O/c15-12-6-3-5-10(14(12)16)11-8-17-13-7-2-1-4-9(11)13/h1-8H. The average molecular weight is 263 g/mol. The highest BCUT2D eigenvalue weighted by Gasteiger charge is 2.12. The van der Waals surface area contributed by atoms with Crippen LogP contribution in [-0.4, -0.2) is 0 Å². The minimum atomic E-state index is 0.550. The second kappa shape index (κ2) is 4.10. The fraction of sp³-hybridized carbons (Fsp3) is 0. The summed E-state index contributed by atoms with van der Waals surface area (Å²) in [5.74, 6) is 0. The van der Waals surface area contributed by atoms with Gasteiger partial charge in [-0.05, 0) is 12.1 Å². The molecule has 1 aromatic heterocycles. The van der Waals surface area contributed by atoms with Crippen LogP contribution in [0.5, 0.6) is 0 Å². The van der Waals surface area contributed by atoms with Crippen molar-refractivity contribution in [2.24, 2.45) is 0 Å². The summed E-state index contributed by atoms with van der Waals surface area (Å²) in [7, 11) is 0. The van der Waals surface area contributed by atoms with Crippen LogP contribution < -0.4 is 0 Å². The van der Waals surface area contributed by atoms with Gasteiger partial charge >= 0.3 is 0 Å². The highest BCUT2D eigenvalue weighted by molar-refractivity contribution is 6.43. The molecule has 0 fully saturated rings. The Balaban J connectivity index is 2.31. The monoisotopic (exact) mass is 262 g/mol. The van der Waals surface area contributed by atoms with Gasteiger partial charge in [0, 0.05) is 16.5 Å². The second-order valence-corrected chi connectivity index (χ2v) is 4.53. The number of fused-ring (bicyclic) bond motifs is 1. The number of halogens is 2. The van der Waals surface area contributed by atoms with E-state index in [0.29, 0.717) is 10.0 Å². The summed E-state index contributed by atoms with van der Waals surface area (Å²) >= 11 is 12.2. The van der Waals surface area contributed by atoms with E-state index in [1.807, 2.05) is 36.4 Å². The van der Waals surface area contributed by atoms with Gasteiger partial charge in [0.05, 0.1) is 16.3 Å². The third-order valence-electron chi connectivity index (χ3n) is 2.72. The van der Waals surface area contributed by atoms with Crippen molar-refractivity contribution in [2.45, 2.75) is 0 Å². The largest absolute Gasteiger partial charge is 0.464 e. The van der Waals surface area contributed by atoms with Crippen LogP contribution in [0.3, 0.4) is 0 Å². The lowest BCUT2D eigenvalue weighted by Crippen LogP contribution is -1.78. The number of hydrogen-bond donors (Lipinski definition) is 0. The summed E-state index contributed by atoms with van der Waals surface area (Å²) < 4.78 is 5.50. The molecular formula is C14H8Cl2O. The molecule has 0 N–H and O–H groups in total. The fourth-order valence-corrected chi connectivity index (χ4v) is 2.30. The Labute approximate surface area is 109 Å². The molecule has 0 aliphatic carbocycles. The zero-order chi connectivity index (χ0) is 11.8. The number of furan rings is 1. The molecule has 3 heteroatoms. The van der Waals surface area contributed by atoms with Crippen LogP contribution in [0.4, 0.5) is 0 Å². The van der Waals surface area contributed by atoms with Gasteiger partial charge in [-0.3, -0.25) is 0 Å². The maximum absolute atomic E-state index is 6.21. The first-order chi connectivity index (χ1) is 8.27. The maximum atomic E-state index is 6.21. The number of rotatable bonds is 1. The molecule has 0 saturated carbocycles. The van der Waals surface area contributed by atoms with Gasteiger partial charge in [0.2, 0.25) is 0 Å². The van der Waals surface area contributed by atoms with Gasteiger partial charge in [-0.25, -0.2) is 0 Å². The van der Waals surface area contributed by atoms with Crippen molar-refractivity contribution in [1.82, 2.24) is 0 Å². The lowest BCUT2D eigenvalue weighted by atomic mass is 10.0. The van der Waals surface area contributed by atoms with Crippen molar-refractivity contribution in [3.8, 4) is 11.1 Å². The Morgan fingerprint density at radius 3 is 2.53 bits per heavy atom. The maximum Gasteiger partial charge on any atom is 0.134 e. The van der Waals surface area contributed by atoms with Crippen LogP contribution >= 0.6 is 23.2 Å². The van der Waals surface area contributed by atoms with Crippen LogP contribution in [0, 0.1) is 0 Å². The van der Waals surface area contributed by atoms with E-state index in [0.717, 1.165) is 22.1 Å². The normalized spacial score (nSPS) is 10.9. The summed E-state index contributed by atoms with van der Waals surface area (Å²) in [6, 6.07) is 13.4. The lowest BCUT2D eigenvalue weighted by molar-refractivity contribution is 0.617. The molecule has 3 aromatic rings. The topological polar surface area (TPSA) is 13.1 Å². The van der Waals surface area contributed by atoms with Crippen molar-refractivity contribution in [1.29, 1.82) is 0 Å². The van der Waals surface area contributed by atoms with Crippen molar-refractivity contribution < 1.29 is 4.42 Å². The summed E-state index contributed by atoms with van der Waals surface area (Å²) in [5, 5.41) is 2.15. The Hall–Kier alpha value is -1.44. The van der Waals surface area contributed by atoms with E-state index >= 15 is 0 Å². The number of benzene rings is 2. The van der Waals surface area contributed by atoms with Crippen molar-refractivity contribution in [2.75, 3.05) is 0 Å². The summed E-state index contributed by atoms with van der Waals surface area (Å²) in [5.41, 5.74) is 2.70. The smallest absolute Gasteiger partial charge is 0.134 e. The van der Waals surface area contributed by atoms with Gasteiger partial charge in [0.15, 0.2) is 0 Å². The Morgan fingerprint density at radius 1 is 0.824 bits per heavy atom.